The van der Waals surface area contributed by atoms with Crippen LogP contribution in [-0.2, 0) is 14.3 Å². The molecule has 3 heteroatoms. The van der Waals surface area contributed by atoms with Gasteiger partial charge in [0.1, 0.15) is 6.10 Å². The highest BCUT2D eigenvalue weighted by Crippen LogP contribution is 2.60. The molecule has 3 aliphatic carbocycles. The molecule has 3 nitrogen and oxygen atoms in total. The SMILES string of the molecule is C/C=C/C1=C(/C=C/OCC)CC[C@@H]2C1CC[C@@]1(C)C2CC[C@@H]1OC(C)=O. The molecule has 0 amide bonds. The van der Waals surface area contributed by atoms with E-state index in [1.54, 1.807) is 6.92 Å². The summed E-state index contributed by atoms with van der Waals surface area (Å²) in [4.78, 5) is 11.5. The van der Waals surface area contributed by atoms with Gasteiger partial charge in [-0.3, -0.25) is 4.79 Å². The molecule has 0 aromatic carbocycles. The molecule has 0 aromatic heterocycles. The smallest absolute Gasteiger partial charge is 0.302 e. The number of rotatable bonds is 5. The fraction of sp³-hybridized carbons (Fsp3) is 0.696. The maximum atomic E-state index is 11.5. The highest BCUT2D eigenvalue weighted by Gasteiger charge is 2.56. The molecule has 0 saturated heterocycles. The summed E-state index contributed by atoms with van der Waals surface area (Å²) >= 11 is 0. The first kappa shape index (κ1) is 19.3. The molecule has 2 unspecified atom stereocenters. The van der Waals surface area contributed by atoms with Gasteiger partial charge in [-0.1, -0.05) is 19.1 Å². The first-order chi connectivity index (χ1) is 12.5. The number of hydrogen-bond acceptors (Lipinski definition) is 3. The first-order valence-electron chi connectivity index (χ1n) is 10.3. The fourth-order valence-electron chi connectivity index (χ4n) is 5.94. The molecule has 0 bridgehead atoms. The molecule has 5 atom stereocenters. The number of allylic oxidation sites excluding steroid dienone is 5. The summed E-state index contributed by atoms with van der Waals surface area (Å²) in [5.74, 6) is 1.89. The van der Waals surface area contributed by atoms with Crippen molar-refractivity contribution in [3.63, 3.8) is 0 Å². The second-order valence-electron chi connectivity index (χ2n) is 8.37. The zero-order valence-corrected chi connectivity index (χ0v) is 16.8. The number of esters is 1. The molecule has 0 aromatic rings. The van der Waals surface area contributed by atoms with Crippen LogP contribution in [0.3, 0.4) is 0 Å². The Morgan fingerprint density at radius 2 is 2.04 bits per heavy atom. The maximum absolute atomic E-state index is 11.5. The molecule has 3 rings (SSSR count). The molecular formula is C23H34O3. The minimum Gasteiger partial charge on any atom is -0.501 e. The average molecular weight is 359 g/mol. The van der Waals surface area contributed by atoms with E-state index >= 15 is 0 Å². The van der Waals surface area contributed by atoms with E-state index in [4.69, 9.17) is 9.47 Å². The molecule has 3 aliphatic rings. The van der Waals surface area contributed by atoms with Crippen LogP contribution in [0.5, 0.6) is 0 Å². The second-order valence-corrected chi connectivity index (χ2v) is 8.37. The number of ether oxygens (including phenoxy) is 2. The van der Waals surface area contributed by atoms with Gasteiger partial charge in [-0.2, -0.15) is 0 Å². The minimum absolute atomic E-state index is 0.111. The van der Waals surface area contributed by atoms with Crippen LogP contribution in [0.1, 0.15) is 66.2 Å². The first-order valence-corrected chi connectivity index (χ1v) is 10.3. The summed E-state index contributed by atoms with van der Waals surface area (Å²) in [6.07, 6.45) is 15.6. The van der Waals surface area contributed by atoms with Crippen molar-refractivity contribution in [1.29, 1.82) is 0 Å². The van der Waals surface area contributed by atoms with Crippen LogP contribution in [0.15, 0.2) is 35.6 Å². The van der Waals surface area contributed by atoms with Gasteiger partial charge in [0.25, 0.3) is 0 Å². The van der Waals surface area contributed by atoms with E-state index < -0.39 is 0 Å². The van der Waals surface area contributed by atoms with Gasteiger partial charge in [-0.05, 0) is 87.3 Å². The Morgan fingerprint density at radius 3 is 2.73 bits per heavy atom. The van der Waals surface area contributed by atoms with Gasteiger partial charge >= 0.3 is 5.97 Å². The van der Waals surface area contributed by atoms with Gasteiger partial charge in [0.2, 0.25) is 0 Å². The van der Waals surface area contributed by atoms with Crippen molar-refractivity contribution < 1.29 is 14.3 Å². The predicted octanol–water partition coefficient (Wildman–Crippen LogP) is 5.58. The maximum Gasteiger partial charge on any atom is 0.302 e. The van der Waals surface area contributed by atoms with E-state index in [1.807, 2.05) is 13.2 Å². The monoisotopic (exact) mass is 358 g/mol. The predicted molar refractivity (Wildman–Crippen MR) is 104 cm³/mol. The highest BCUT2D eigenvalue weighted by molar-refractivity contribution is 5.66. The van der Waals surface area contributed by atoms with Crippen LogP contribution >= 0.6 is 0 Å². The molecule has 0 N–H and O–H groups in total. The van der Waals surface area contributed by atoms with E-state index in [2.05, 4.69) is 32.1 Å². The van der Waals surface area contributed by atoms with E-state index in [0.717, 1.165) is 19.3 Å². The van der Waals surface area contributed by atoms with Gasteiger partial charge in [-0.25, -0.2) is 0 Å². The lowest BCUT2D eigenvalue weighted by molar-refractivity contribution is -0.155. The molecule has 144 valence electrons. The molecule has 0 spiro atoms. The Kier molecular flexibility index (Phi) is 5.94. The van der Waals surface area contributed by atoms with E-state index in [9.17, 15) is 4.79 Å². The van der Waals surface area contributed by atoms with Crippen molar-refractivity contribution in [1.82, 2.24) is 0 Å². The van der Waals surface area contributed by atoms with Gasteiger partial charge < -0.3 is 9.47 Å². The third-order valence-corrected chi connectivity index (χ3v) is 7.05. The zero-order valence-electron chi connectivity index (χ0n) is 16.8. The van der Waals surface area contributed by atoms with Crippen LogP contribution in [0, 0.1) is 23.2 Å². The Bertz CT molecular complexity index is 615. The van der Waals surface area contributed by atoms with Crippen LogP contribution in [0.2, 0.25) is 0 Å². The summed E-state index contributed by atoms with van der Waals surface area (Å²) in [5.41, 5.74) is 3.11. The lowest BCUT2D eigenvalue weighted by Crippen LogP contribution is -2.45. The number of fused-ring (bicyclic) bond motifs is 3. The fourth-order valence-corrected chi connectivity index (χ4v) is 5.94. The Hall–Kier alpha value is -1.51. The van der Waals surface area contributed by atoms with Crippen LogP contribution in [-0.4, -0.2) is 18.7 Å². The largest absolute Gasteiger partial charge is 0.501 e. The Balaban J connectivity index is 1.85. The molecule has 0 radical (unpaired) electrons. The van der Waals surface area contributed by atoms with Crippen LogP contribution < -0.4 is 0 Å². The Morgan fingerprint density at radius 1 is 1.23 bits per heavy atom. The van der Waals surface area contributed by atoms with Crippen molar-refractivity contribution in [2.75, 3.05) is 6.61 Å². The molecular weight excluding hydrogens is 324 g/mol. The number of hydrogen-bond donors (Lipinski definition) is 0. The summed E-state index contributed by atoms with van der Waals surface area (Å²) < 4.78 is 11.2. The normalized spacial score (nSPS) is 37.1. The van der Waals surface area contributed by atoms with Crippen molar-refractivity contribution in [3.05, 3.63) is 35.6 Å². The molecule has 2 saturated carbocycles. The van der Waals surface area contributed by atoms with Crippen molar-refractivity contribution in [3.8, 4) is 0 Å². The van der Waals surface area contributed by atoms with Crippen LogP contribution in [0.25, 0.3) is 0 Å². The van der Waals surface area contributed by atoms with Gasteiger partial charge in [-0.15, -0.1) is 0 Å². The van der Waals surface area contributed by atoms with E-state index in [0.29, 0.717) is 24.4 Å². The third kappa shape index (κ3) is 3.50. The lowest BCUT2D eigenvalue weighted by atomic mass is 9.55. The zero-order chi connectivity index (χ0) is 18.7. The van der Waals surface area contributed by atoms with Gasteiger partial charge in [0.15, 0.2) is 0 Å². The van der Waals surface area contributed by atoms with E-state index in [1.165, 1.54) is 30.4 Å². The molecule has 2 fully saturated rings. The van der Waals surface area contributed by atoms with E-state index in [-0.39, 0.29) is 17.5 Å². The lowest BCUT2D eigenvalue weighted by Gasteiger charge is -2.50. The van der Waals surface area contributed by atoms with Crippen molar-refractivity contribution >= 4 is 5.97 Å². The average Bonchev–Trinajstić information content (AvgIpc) is 2.93. The molecule has 26 heavy (non-hydrogen) atoms. The number of carbonyl (C=O) groups is 1. The second kappa shape index (κ2) is 8.02. The molecule has 0 heterocycles. The summed E-state index contributed by atoms with van der Waals surface area (Å²) in [5, 5.41) is 0. The Labute approximate surface area is 158 Å². The van der Waals surface area contributed by atoms with Gasteiger partial charge in [0.05, 0.1) is 12.9 Å². The highest BCUT2D eigenvalue weighted by atomic mass is 16.5. The van der Waals surface area contributed by atoms with Gasteiger partial charge in [0, 0.05) is 12.3 Å². The van der Waals surface area contributed by atoms with Crippen molar-refractivity contribution in [2.24, 2.45) is 23.2 Å². The summed E-state index contributed by atoms with van der Waals surface area (Å²) in [6, 6.07) is 0. The summed E-state index contributed by atoms with van der Waals surface area (Å²) in [6.45, 7) is 8.77. The quantitative estimate of drug-likeness (QED) is 0.475. The number of carbonyl (C=O) groups excluding carboxylic acids is 1. The minimum atomic E-state index is -0.125. The molecule has 0 aliphatic heterocycles. The summed E-state index contributed by atoms with van der Waals surface area (Å²) in [7, 11) is 0. The van der Waals surface area contributed by atoms with Crippen molar-refractivity contribution in [2.45, 2.75) is 72.3 Å². The van der Waals surface area contributed by atoms with Crippen LogP contribution in [0.4, 0.5) is 0 Å². The third-order valence-electron chi connectivity index (χ3n) is 7.05. The standard InChI is InChI=1S/C23H34O3/c1-5-7-18-17(13-15-25-6-2)8-9-20-19(18)12-14-23(4)21(20)10-11-22(23)26-16(3)24/h5,7,13,15,19-22H,6,8-12,14H2,1-4H3/b7-5+,15-13+/t19?,20-,21?,22+,23+/m1/s1. The topological polar surface area (TPSA) is 35.5 Å².